The molecule has 0 aromatic heterocycles. The van der Waals surface area contributed by atoms with Gasteiger partial charge in [-0.3, -0.25) is 9.59 Å². The molecule has 0 spiro atoms. The molecule has 0 bridgehead atoms. The van der Waals surface area contributed by atoms with E-state index in [0.29, 0.717) is 13.1 Å². The van der Waals surface area contributed by atoms with Gasteiger partial charge in [0, 0.05) is 50.5 Å². The Labute approximate surface area is 199 Å². The topological polar surface area (TPSA) is 74.8 Å². The van der Waals surface area contributed by atoms with Crippen LogP contribution in [0.2, 0.25) is 0 Å². The molecule has 0 atom stereocenters. The second-order valence-electron chi connectivity index (χ2n) is 8.65. The van der Waals surface area contributed by atoms with Crippen LogP contribution in [0.5, 0.6) is 0 Å². The van der Waals surface area contributed by atoms with E-state index in [-0.39, 0.29) is 41.0 Å². The minimum Gasteiger partial charge on any atom is -0.340 e. The Hall–Kier alpha value is -2.65. The van der Waals surface area contributed by atoms with Gasteiger partial charge in [0.1, 0.15) is 0 Å². The molecule has 9 heteroatoms. The zero-order valence-corrected chi connectivity index (χ0v) is 20.3. The Morgan fingerprint density at radius 1 is 1.03 bits per heavy atom. The van der Waals surface area contributed by atoms with Crippen molar-refractivity contribution in [2.24, 2.45) is 0 Å². The van der Waals surface area contributed by atoms with Gasteiger partial charge in [-0.25, -0.2) is 17.2 Å². The summed E-state index contributed by atoms with van der Waals surface area (Å²) in [6, 6.07) is 9.69. The van der Waals surface area contributed by atoms with Crippen LogP contribution in [-0.2, 0) is 21.1 Å². The molecular weight excluding hydrogens is 462 g/mol. The van der Waals surface area contributed by atoms with Crippen molar-refractivity contribution >= 4 is 21.5 Å². The van der Waals surface area contributed by atoms with Gasteiger partial charge in [-0.1, -0.05) is 12.1 Å². The maximum atomic E-state index is 13.4. The summed E-state index contributed by atoms with van der Waals surface area (Å²) in [6.45, 7) is 4.53. The van der Waals surface area contributed by atoms with E-state index in [0.717, 1.165) is 49.9 Å². The van der Waals surface area contributed by atoms with Gasteiger partial charge in [-0.05, 0) is 55.7 Å². The van der Waals surface area contributed by atoms with Crippen molar-refractivity contribution < 1.29 is 26.8 Å². The van der Waals surface area contributed by atoms with Gasteiger partial charge in [0.15, 0.2) is 27.3 Å². The third-order valence-electron chi connectivity index (χ3n) is 6.26. The molecule has 34 heavy (non-hydrogen) atoms. The molecule has 1 amide bonds. The molecule has 1 heterocycles. The Bertz CT molecular complexity index is 1130. The first-order valence-corrected chi connectivity index (χ1v) is 13.3. The van der Waals surface area contributed by atoms with Gasteiger partial charge < -0.3 is 9.80 Å². The number of carbonyl (C=O) groups excluding carboxylic acids is 2. The number of rotatable bonds is 9. The van der Waals surface area contributed by atoms with Crippen LogP contribution in [0.1, 0.15) is 42.1 Å². The van der Waals surface area contributed by atoms with Crippen molar-refractivity contribution in [3.63, 3.8) is 0 Å². The quantitative estimate of drug-likeness (QED) is 0.501. The van der Waals surface area contributed by atoms with E-state index in [1.165, 1.54) is 18.2 Å². The zero-order valence-electron chi connectivity index (χ0n) is 19.5. The highest BCUT2D eigenvalue weighted by Gasteiger charge is 2.27. The van der Waals surface area contributed by atoms with Crippen LogP contribution in [0.15, 0.2) is 47.4 Å². The Morgan fingerprint density at radius 2 is 1.68 bits per heavy atom. The second-order valence-corrected chi connectivity index (χ2v) is 10.7. The number of likely N-dealkylation sites (N-methyl/N-ethyl adjacent to an activating group) is 1. The summed E-state index contributed by atoms with van der Waals surface area (Å²) in [5.74, 6) is -2.23. The van der Waals surface area contributed by atoms with Gasteiger partial charge in [-0.2, -0.15) is 0 Å². The molecule has 6 nitrogen and oxygen atoms in total. The van der Waals surface area contributed by atoms with Crippen LogP contribution in [-0.4, -0.2) is 68.4 Å². The number of likely N-dealkylation sites (tertiary alicyclic amines) is 1. The molecule has 0 saturated carbocycles. The number of ketones is 1. The predicted molar refractivity (Wildman–Crippen MR) is 125 cm³/mol. The number of halogens is 2. The lowest BCUT2D eigenvalue weighted by Crippen LogP contribution is -2.48. The molecule has 0 radical (unpaired) electrons. The number of nitrogens with zero attached hydrogens (tertiary/aromatic N) is 2. The van der Waals surface area contributed by atoms with Gasteiger partial charge >= 0.3 is 0 Å². The fourth-order valence-corrected chi connectivity index (χ4v) is 4.93. The Morgan fingerprint density at radius 3 is 2.24 bits per heavy atom. The Kier molecular flexibility index (Phi) is 8.54. The van der Waals surface area contributed by atoms with Crippen molar-refractivity contribution in [2.45, 2.75) is 43.5 Å². The largest absolute Gasteiger partial charge is 0.340 e. The summed E-state index contributed by atoms with van der Waals surface area (Å²) in [4.78, 5) is 29.5. The van der Waals surface area contributed by atoms with Crippen LogP contribution >= 0.6 is 0 Å². The van der Waals surface area contributed by atoms with Gasteiger partial charge in [-0.15, -0.1) is 0 Å². The number of Topliss-reactive ketones (excluding diaryl/α,β-unsaturated/α-hetero) is 1. The lowest BCUT2D eigenvalue weighted by molar-refractivity contribution is -0.133. The van der Waals surface area contributed by atoms with Crippen molar-refractivity contribution in [1.82, 2.24) is 9.80 Å². The van der Waals surface area contributed by atoms with Crippen molar-refractivity contribution in [1.29, 1.82) is 0 Å². The van der Waals surface area contributed by atoms with Crippen molar-refractivity contribution in [3.8, 4) is 0 Å². The molecule has 3 rings (SSSR count). The van der Waals surface area contributed by atoms with Gasteiger partial charge in [0.05, 0.1) is 11.3 Å². The van der Waals surface area contributed by atoms with E-state index in [1.54, 1.807) is 12.1 Å². The van der Waals surface area contributed by atoms with Crippen LogP contribution in [0.3, 0.4) is 0 Å². The van der Waals surface area contributed by atoms with E-state index in [9.17, 15) is 26.8 Å². The van der Waals surface area contributed by atoms with Crippen LogP contribution in [0.4, 0.5) is 8.78 Å². The number of benzene rings is 2. The van der Waals surface area contributed by atoms with Crippen molar-refractivity contribution in [2.75, 3.05) is 32.4 Å². The Balaban J connectivity index is 1.49. The highest BCUT2D eigenvalue weighted by atomic mass is 32.2. The maximum Gasteiger partial charge on any atom is 0.227 e. The fourth-order valence-electron chi connectivity index (χ4n) is 4.30. The van der Waals surface area contributed by atoms with E-state index in [1.807, 2.05) is 11.8 Å². The minimum atomic E-state index is -3.27. The lowest BCUT2D eigenvalue weighted by atomic mass is 10.0. The third-order valence-corrected chi connectivity index (χ3v) is 7.39. The predicted octanol–water partition coefficient (Wildman–Crippen LogP) is 3.50. The average molecular weight is 493 g/mol. The van der Waals surface area contributed by atoms with E-state index in [4.69, 9.17) is 0 Å². The van der Waals surface area contributed by atoms with E-state index < -0.39 is 21.5 Å². The normalized spacial score (nSPS) is 15.3. The molecule has 2 aromatic rings. The number of hydrogen-bond donors (Lipinski definition) is 0. The van der Waals surface area contributed by atoms with E-state index in [2.05, 4.69) is 4.90 Å². The molecule has 2 aromatic carbocycles. The smallest absolute Gasteiger partial charge is 0.227 e. The third kappa shape index (κ3) is 6.70. The molecule has 1 fully saturated rings. The minimum absolute atomic E-state index is 0.00145. The summed E-state index contributed by atoms with van der Waals surface area (Å²) in [5, 5.41) is 0. The zero-order chi connectivity index (χ0) is 24.9. The second kappa shape index (κ2) is 11.2. The molecule has 184 valence electrons. The average Bonchev–Trinajstić information content (AvgIpc) is 2.80. The van der Waals surface area contributed by atoms with Gasteiger partial charge in [0.2, 0.25) is 5.91 Å². The molecule has 1 aliphatic heterocycles. The van der Waals surface area contributed by atoms with Gasteiger partial charge in [0.25, 0.3) is 0 Å². The first-order chi connectivity index (χ1) is 16.1. The van der Waals surface area contributed by atoms with Crippen LogP contribution in [0, 0.1) is 11.6 Å². The number of amides is 1. The summed E-state index contributed by atoms with van der Waals surface area (Å²) in [7, 11) is -3.27. The molecular formula is C25H30F2N2O4S. The summed E-state index contributed by atoms with van der Waals surface area (Å²) in [6.07, 6.45) is 3.14. The number of sulfone groups is 1. The standard InChI is InChI=1S/C25H30F2N2O4S/c1-3-29(25(31)16-18-4-7-21(8-5-18)34(2,32)33)20-10-13-28(14-11-20)15-12-24(30)19-6-9-22(26)23(27)17-19/h4-9,17,20H,3,10-16H2,1-2H3. The first-order valence-electron chi connectivity index (χ1n) is 11.4. The lowest BCUT2D eigenvalue weighted by Gasteiger charge is -2.38. The number of hydrogen-bond acceptors (Lipinski definition) is 5. The first kappa shape index (κ1) is 26.0. The van der Waals surface area contributed by atoms with Crippen LogP contribution in [0.25, 0.3) is 0 Å². The maximum absolute atomic E-state index is 13.4. The molecule has 0 unspecified atom stereocenters. The highest BCUT2D eigenvalue weighted by Crippen LogP contribution is 2.19. The molecule has 1 aliphatic rings. The highest BCUT2D eigenvalue weighted by molar-refractivity contribution is 7.90. The summed E-state index contributed by atoms with van der Waals surface area (Å²) in [5.41, 5.74) is 0.935. The fraction of sp³-hybridized carbons (Fsp3) is 0.440. The summed E-state index contributed by atoms with van der Waals surface area (Å²) < 4.78 is 49.6. The number of piperidine rings is 1. The number of carbonyl (C=O) groups is 2. The SMILES string of the molecule is CCN(C(=O)Cc1ccc(S(C)(=O)=O)cc1)C1CCN(CCC(=O)c2ccc(F)c(F)c2)CC1. The van der Waals surface area contributed by atoms with E-state index >= 15 is 0 Å². The summed E-state index contributed by atoms with van der Waals surface area (Å²) >= 11 is 0. The van der Waals surface area contributed by atoms with Crippen molar-refractivity contribution in [3.05, 3.63) is 65.2 Å². The molecule has 1 saturated heterocycles. The monoisotopic (exact) mass is 492 g/mol. The molecule has 0 aliphatic carbocycles. The molecule has 0 N–H and O–H groups in total. The van der Waals surface area contributed by atoms with Crippen LogP contribution < -0.4 is 0 Å².